The van der Waals surface area contributed by atoms with Gasteiger partial charge in [-0.05, 0) is 42.3 Å². The van der Waals surface area contributed by atoms with E-state index >= 15 is 0 Å². The monoisotopic (exact) mass is 355 g/mol. The average Bonchev–Trinajstić information content (AvgIpc) is 3.29. The lowest BCUT2D eigenvalue weighted by atomic mass is 9.85. The molecule has 3 aromatic heterocycles. The Bertz CT molecular complexity index is 908. The van der Waals surface area contributed by atoms with Gasteiger partial charge in [-0.15, -0.1) is 16.4 Å². The number of aromatic nitrogens is 4. The molecule has 0 aromatic carbocycles. The molecule has 128 valence electrons. The minimum absolute atomic E-state index is 0.137. The first-order valence-corrected chi connectivity index (χ1v) is 9.31. The Morgan fingerprint density at radius 1 is 1.32 bits per heavy atom. The number of rotatable bonds is 1. The van der Waals surface area contributed by atoms with E-state index in [0.717, 1.165) is 25.9 Å². The maximum atomic E-state index is 12.8. The van der Waals surface area contributed by atoms with Crippen LogP contribution < -0.4 is 0 Å². The molecular formula is C17H17N5O2S. The topological polar surface area (TPSA) is 72.6 Å². The lowest BCUT2D eigenvalue weighted by molar-refractivity contribution is -0.0907. The number of ether oxygens (including phenoxy) is 1. The highest BCUT2D eigenvalue weighted by molar-refractivity contribution is 7.10. The van der Waals surface area contributed by atoms with E-state index in [9.17, 15) is 4.79 Å². The first-order valence-electron chi connectivity index (χ1n) is 8.43. The Morgan fingerprint density at radius 3 is 3.04 bits per heavy atom. The van der Waals surface area contributed by atoms with Gasteiger partial charge in [-0.1, -0.05) is 0 Å². The van der Waals surface area contributed by atoms with Crippen molar-refractivity contribution in [3.63, 3.8) is 0 Å². The Hall–Kier alpha value is -2.32. The Kier molecular flexibility index (Phi) is 3.36. The molecule has 5 heterocycles. The summed E-state index contributed by atoms with van der Waals surface area (Å²) >= 11 is 1.77. The predicted octanol–water partition coefficient (Wildman–Crippen LogP) is 1.89. The van der Waals surface area contributed by atoms with Crippen LogP contribution in [-0.2, 0) is 16.8 Å². The maximum Gasteiger partial charge on any atom is 0.293 e. The first kappa shape index (κ1) is 15.0. The van der Waals surface area contributed by atoms with Crippen molar-refractivity contribution in [1.29, 1.82) is 0 Å². The highest BCUT2D eigenvalue weighted by Gasteiger charge is 2.43. The van der Waals surface area contributed by atoms with Crippen LogP contribution in [0.2, 0.25) is 0 Å². The van der Waals surface area contributed by atoms with Crippen LogP contribution >= 0.6 is 11.3 Å². The summed E-state index contributed by atoms with van der Waals surface area (Å²) in [5.74, 6) is 0.511. The fourth-order valence-electron chi connectivity index (χ4n) is 3.76. The molecule has 5 rings (SSSR count). The van der Waals surface area contributed by atoms with Crippen LogP contribution in [0.5, 0.6) is 0 Å². The standard InChI is InChI=1S/C17H17N5O2S/c23-15(14-19-16-18-6-1-7-22(16)20-14)21-8-4-17(5-9-21)13-12(2-10-24-17)3-11-25-13/h1,3,6-7,11H,2,4-5,8-10H2. The van der Waals surface area contributed by atoms with Gasteiger partial charge >= 0.3 is 0 Å². The van der Waals surface area contributed by atoms with E-state index in [2.05, 4.69) is 26.5 Å². The normalized spacial score (nSPS) is 19.3. The quantitative estimate of drug-likeness (QED) is 0.666. The lowest BCUT2D eigenvalue weighted by Gasteiger charge is -2.43. The van der Waals surface area contributed by atoms with Crippen molar-refractivity contribution in [3.05, 3.63) is 46.2 Å². The van der Waals surface area contributed by atoms with Crippen LogP contribution in [0.3, 0.4) is 0 Å². The molecule has 0 unspecified atom stereocenters. The molecule has 0 aliphatic carbocycles. The molecule has 2 aliphatic heterocycles. The Balaban J connectivity index is 1.36. The zero-order chi connectivity index (χ0) is 16.9. The number of likely N-dealkylation sites (tertiary alicyclic amines) is 1. The molecule has 2 aliphatic rings. The summed E-state index contributed by atoms with van der Waals surface area (Å²) in [7, 11) is 0. The number of fused-ring (bicyclic) bond motifs is 3. The van der Waals surface area contributed by atoms with Gasteiger partial charge in [0.1, 0.15) is 5.60 Å². The van der Waals surface area contributed by atoms with E-state index in [0.29, 0.717) is 18.9 Å². The number of carbonyl (C=O) groups is 1. The molecule has 0 radical (unpaired) electrons. The third kappa shape index (κ3) is 2.36. The summed E-state index contributed by atoms with van der Waals surface area (Å²) < 4.78 is 7.73. The van der Waals surface area contributed by atoms with Crippen LogP contribution in [-0.4, -0.2) is 50.1 Å². The number of hydrogen-bond acceptors (Lipinski definition) is 6. The molecule has 8 heteroatoms. The molecule has 0 N–H and O–H groups in total. The smallest absolute Gasteiger partial charge is 0.293 e. The highest BCUT2D eigenvalue weighted by Crippen LogP contribution is 2.44. The summed E-state index contributed by atoms with van der Waals surface area (Å²) in [5.41, 5.74) is 1.19. The van der Waals surface area contributed by atoms with E-state index in [1.165, 1.54) is 15.0 Å². The van der Waals surface area contributed by atoms with Gasteiger partial charge < -0.3 is 9.64 Å². The van der Waals surface area contributed by atoms with Crippen molar-refractivity contribution < 1.29 is 9.53 Å². The van der Waals surface area contributed by atoms with Crippen molar-refractivity contribution in [1.82, 2.24) is 24.5 Å². The van der Waals surface area contributed by atoms with E-state index in [1.54, 1.807) is 29.8 Å². The van der Waals surface area contributed by atoms with Gasteiger partial charge in [0.2, 0.25) is 5.82 Å². The third-order valence-corrected chi connectivity index (χ3v) is 6.22. The van der Waals surface area contributed by atoms with Crippen molar-refractivity contribution in [2.45, 2.75) is 24.9 Å². The van der Waals surface area contributed by atoms with Crippen LogP contribution in [0.15, 0.2) is 29.9 Å². The molecule has 0 atom stereocenters. The van der Waals surface area contributed by atoms with Gasteiger partial charge in [0, 0.05) is 30.4 Å². The van der Waals surface area contributed by atoms with E-state index in [-0.39, 0.29) is 17.3 Å². The minimum Gasteiger partial charge on any atom is -0.369 e. The Labute approximate surface area is 148 Å². The molecule has 3 aromatic rings. The average molecular weight is 355 g/mol. The van der Waals surface area contributed by atoms with Gasteiger partial charge in [-0.25, -0.2) is 9.50 Å². The summed E-state index contributed by atoms with van der Waals surface area (Å²) in [5, 5.41) is 6.39. The van der Waals surface area contributed by atoms with E-state index in [1.807, 2.05) is 4.90 Å². The first-order chi connectivity index (χ1) is 12.3. The second-order valence-corrected chi connectivity index (χ2v) is 7.38. The summed E-state index contributed by atoms with van der Waals surface area (Å²) in [6.45, 7) is 2.07. The molecule has 1 spiro atoms. The van der Waals surface area contributed by atoms with Crippen LogP contribution in [0.25, 0.3) is 5.78 Å². The maximum absolute atomic E-state index is 12.8. The minimum atomic E-state index is -0.216. The van der Waals surface area contributed by atoms with E-state index < -0.39 is 0 Å². The van der Waals surface area contributed by atoms with Crippen LogP contribution in [0, 0.1) is 0 Å². The molecule has 1 fully saturated rings. The van der Waals surface area contributed by atoms with Crippen LogP contribution in [0.4, 0.5) is 0 Å². The molecule has 0 saturated carbocycles. The summed E-state index contributed by atoms with van der Waals surface area (Å²) in [6, 6.07) is 3.97. The second-order valence-electron chi connectivity index (χ2n) is 6.46. The van der Waals surface area contributed by atoms with Crippen molar-refractivity contribution in [2.24, 2.45) is 0 Å². The van der Waals surface area contributed by atoms with Gasteiger partial charge in [0.15, 0.2) is 0 Å². The lowest BCUT2D eigenvalue weighted by Crippen LogP contribution is -2.48. The fourth-order valence-corrected chi connectivity index (χ4v) is 4.93. The zero-order valence-corrected chi connectivity index (χ0v) is 14.4. The number of nitrogens with zero attached hydrogens (tertiary/aromatic N) is 5. The number of carbonyl (C=O) groups excluding carboxylic acids is 1. The molecule has 1 saturated heterocycles. The zero-order valence-electron chi connectivity index (χ0n) is 13.6. The van der Waals surface area contributed by atoms with Crippen LogP contribution in [0.1, 0.15) is 33.9 Å². The van der Waals surface area contributed by atoms with Crippen molar-refractivity contribution in [2.75, 3.05) is 19.7 Å². The van der Waals surface area contributed by atoms with Gasteiger partial charge in [0.25, 0.3) is 11.7 Å². The summed E-state index contributed by atoms with van der Waals surface area (Å²) in [6.07, 6.45) is 6.00. The van der Waals surface area contributed by atoms with Gasteiger partial charge in [-0.3, -0.25) is 4.79 Å². The van der Waals surface area contributed by atoms with E-state index in [4.69, 9.17) is 4.74 Å². The van der Waals surface area contributed by atoms with Gasteiger partial charge in [-0.2, -0.15) is 4.98 Å². The number of amides is 1. The summed E-state index contributed by atoms with van der Waals surface area (Å²) in [4.78, 5) is 24.3. The molecule has 0 bridgehead atoms. The molecular weight excluding hydrogens is 338 g/mol. The SMILES string of the molecule is O=C(c1nc2ncccn2n1)N1CCC2(CC1)OCCc1ccsc12. The third-order valence-electron chi connectivity index (χ3n) is 5.08. The largest absolute Gasteiger partial charge is 0.369 e. The fraction of sp³-hybridized carbons (Fsp3) is 0.412. The van der Waals surface area contributed by atoms with Gasteiger partial charge in [0.05, 0.1) is 6.61 Å². The molecule has 7 nitrogen and oxygen atoms in total. The predicted molar refractivity (Wildman–Crippen MR) is 91.6 cm³/mol. The second kappa shape index (κ2) is 5.60. The Morgan fingerprint density at radius 2 is 2.20 bits per heavy atom. The molecule has 25 heavy (non-hydrogen) atoms. The molecule has 1 amide bonds. The van der Waals surface area contributed by atoms with Crippen molar-refractivity contribution >= 4 is 23.0 Å². The van der Waals surface area contributed by atoms with Crippen molar-refractivity contribution in [3.8, 4) is 0 Å². The number of thiophene rings is 1. The number of piperidine rings is 1. The number of hydrogen-bond donors (Lipinski definition) is 0. The highest BCUT2D eigenvalue weighted by atomic mass is 32.1.